The minimum atomic E-state index is -0.592. The van der Waals surface area contributed by atoms with Gasteiger partial charge in [0.1, 0.15) is 6.26 Å². The lowest BCUT2D eigenvalue weighted by atomic mass is 10.1. The molecular weight excluding hydrogens is 324 g/mol. The van der Waals surface area contributed by atoms with E-state index >= 15 is 0 Å². The molecule has 0 radical (unpaired) electrons. The van der Waals surface area contributed by atoms with Crippen LogP contribution in [0.25, 0.3) is 11.5 Å². The Kier molecular flexibility index (Phi) is 5.30. The van der Waals surface area contributed by atoms with E-state index in [0.717, 1.165) is 16.8 Å². The van der Waals surface area contributed by atoms with Crippen LogP contribution >= 0.6 is 11.6 Å². The zero-order valence-electron chi connectivity index (χ0n) is 13.4. The van der Waals surface area contributed by atoms with E-state index in [9.17, 15) is 5.11 Å². The van der Waals surface area contributed by atoms with Crippen molar-refractivity contribution in [1.82, 2.24) is 10.3 Å². The molecule has 0 aliphatic rings. The first-order valence-corrected chi connectivity index (χ1v) is 8.15. The van der Waals surface area contributed by atoms with Gasteiger partial charge in [0, 0.05) is 23.7 Å². The summed E-state index contributed by atoms with van der Waals surface area (Å²) in [6.45, 7) is 3.00. The second-order valence-corrected chi connectivity index (χ2v) is 6.14. The molecule has 0 saturated heterocycles. The highest BCUT2D eigenvalue weighted by atomic mass is 35.5. The summed E-state index contributed by atoms with van der Waals surface area (Å²) in [5.41, 5.74) is 3.78. The van der Waals surface area contributed by atoms with Gasteiger partial charge in [-0.25, -0.2) is 4.98 Å². The van der Waals surface area contributed by atoms with E-state index in [1.807, 2.05) is 43.3 Å². The molecular formula is C19H19ClN2O2. The summed E-state index contributed by atoms with van der Waals surface area (Å²) in [7, 11) is 0. The van der Waals surface area contributed by atoms with Gasteiger partial charge in [-0.05, 0) is 36.8 Å². The number of nitrogens with one attached hydrogen (secondary N) is 1. The van der Waals surface area contributed by atoms with Crippen LogP contribution in [-0.4, -0.2) is 16.6 Å². The monoisotopic (exact) mass is 342 g/mol. The summed E-state index contributed by atoms with van der Waals surface area (Å²) in [6.07, 6.45) is 1.04. The Morgan fingerprint density at radius 2 is 1.83 bits per heavy atom. The van der Waals surface area contributed by atoms with Crippen LogP contribution in [-0.2, 0) is 6.54 Å². The Bertz CT molecular complexity index is 782. The number of aryl methyl sites for hydroxylation is 1. The van der Waals surface area contributed by atoms with E-state index in [1.54, 1.807) is 18.4 Å². The lowest BCUT2D eigenvalue weighted by molar-refractivity contribution is 0.174. The van der Waals surface area contributed by atoms with E-state index in [1.165, 1.54) is 5.56 Å². The van der Waals surface area contributed by atoms with Gasteiger partial charge < -0.3 is 14.8 Å². The number of aliphatic hydroxyl groups excluding tert-OH is 1. The zero-order valence-corrected chi connectivity index (χ0v) is 14.1. The Morgan fingerprint density at radius 1 is 1.12 bits per heavy atom. The van der Waals surface area contributed by atoms with Crippen molar-refractivity contribution in [2.75, 3.05) is 6.54 Å². The standard InChI is InChI=1S/C19H19ClN2O2/c1-13-2-4-15(5-3-13)19-22-17(12-24-19)10-21-11-18(23)14-6-8-16(20)9-7-14/h2-9,12,18,21,23H,10-11H2,1H3. The molecule has 1 atom stereocenters. The Hall–Kier alpha value is -2.14. The predicted molar refractivity (Wildman–Crippen MR) is 94.8 cm³/mol. The minimum absolute atomic E-state index is 0.425. The fraction of sp³-hybridized carbons (Fsp3) is 0.211. The molecule has 2 aromatic carbocycles. The molecule has 0 fully saturated rings. The Balaban J connectivity index is 1.54. The van der Waals surface area contributed by atoms with Crippen molar-refractivity contribution in [1.29, 1.82) is 0 Å². The summed E-state index contributed by atoms with van der Waals surface area (Å²) in [6, 6.07) is 15.2. The third-order valence-electron chi connectivity index (χ3n) is 3.75. The maximum Gasteiger partial charge on any atom is 0.226 e. The first-order valence-electron chi connectivity index (χ1n) is 7.77. The van der Waals surface area contributed by atoms with Crippen LogP contribution in [0.5, 0.6) is 0 Å². The number of benzene rings is 2. The van der Waals surface area contributed by atoms with Crippen molar-refractivity contribution in [3.63, 3.8) is 0 Å². The molecule has 2 N–H and O–H groups in total. The van der Waals surface area contributed by atoms with Crippen LogP contribution in [0.3, 0.4) is 0 Å². The smallest absolute Gasteiger partial charge is 0.226 e. The van der Waals surface area contributed by atoms with Gasteiger partial charge in [0.15, 0.2) is 0 Å². The van der Waals surface area contributed by atoms with Crippen LogP contribution in [0, 0.1) is 6.92 Å². The second kappa shape index (κ2) is 7.62. The average Bonchev–Trinajstić information content (AvgIpc) is 3.05. The zero-order chi connectivity index (χ0) is 16.9. The molecule has 0 spiro atoms. The number of halogens is 1. The van der Waals surface area contributed by atoms with Crippen molar-refractivity contribution in [3.05, 3.63) is 76.6 Å². The van der Waals surface area contributed by atoms with Crippen LogP contribution in [0.2, 0.25) is 5.02 Å². The van der Waals surface area contributed by atoms with Crippen LogP contribution in [0.4, 0.5) is 0 Å². The largest absolute Gasteiger partial charge is 0.444 e. The van der Waals surface area contributed by atoms with Gasteiger partial charge in [-0.2, -0.15) is 0 Å². The molecule has 1 aromatic heterocycles. The quantitative estimate of drug-likeness (QED) is 0.707. The Morgan fingerprint density at radius 3 is 2.54 bits per heavy atom. The molecule has 3 aromatic rings. The second-order valence-electron chi connectivity index (χ2n) is 5.71. The summed E-state index contributed by atoms with van der Waals surface area (Å²) in [5.74, 6) is 0.602. The van der Waals surface area contributed by atoms with Crippen molar-refractivity contribution in [3.8, 4) is 11.5 Å². The van der Waals surface area contributed by atoms with Crippen molar-refractivity contribution in [2.45, 2.75) is 19.6 Å². The number of aliphatic hydroxyl groups is 1. The summed E-state index contributed by atoms with van der Waals surface area (Å²) in [4.78, 5) is 4.46. The maximum absolute atomic E-state index is 10.1. The molecule has 0 aliphatic carbocycles. The Labute approximate surface area is 146 Å². The highest BCUT2D eigenvalue weighted by Gasteiger charge is 2.09. The molecule has 0 saturated carbocycles. The van der Waals surface area contributed by atoms with Crippen LogP contribution in [0.15, 0.2) is 59.2 Å². The van der Waals surface area contributed by atoms with E-state index in [4.69, 9.17) is 16.0 Å². The summed E-state index contributed by atoms with van der Waals surface area (Å²) >= 11 is 5.85. The van der Waals surface area contributed by atoms with Gasteiger partial charge in [0.05, 0.1) is 11.8 Å². The summed E-state index contributed by atoms with van der Waals surface area (Å²) < 4.78 is 5.52. The molecule has 124 valence electrons. The maximum atomic E-state index is 10.1. The molecule has 5 heteroatoms. The third kappa shape index (κ3) is 4.23. The molecule has 1 unspecified atom stereocenters. The van der Waals surface area contributed by atoms with Gasteiger partial charge in [-0.3, -0.25) is 0 Å². The number of oxazole rings is 1. The third-order valence-corrected chi connectivity index (χ3v) is 4.00. The molecule has 24 heavy (non-hydrogen) atoms. The SMILES string of the molecule is Cc1ccc(-c2nc(CNCC(O)c3ccc(Cl)cc3)co2)cc1. The summed E-state index contributed by atoms with van der Waals surface area (Å²) in [5, 5.41) is 14.0. The van der Waals surface area contributed by atoms with Gasteiger partial charge in [-0.15, -0.1) is 0 Å². The highest BCUT2D eigenvalue weighted by Crippen LogP contribution is 2.19. The first-order chi connectivity index (χ1) is 11.6. The van der Waals surface area contributed by atoms with Gasteiger partial charge in [0.25, 0.3) is 0 Å². The number of hydrogen-bond donors (Lipinski definition) is 2. The van der Waals surface area contributed by atoms with Crippen molar-refractivity contribution >= 4 is 11.6 Å². The normalized spacial score (nSPS) is 12.3. The van der Waals surface area contributed by atoms with Crippen LogP contribution < -0.4 is 5.32 Å². The van der Waals surface area contributed by atoms with E-state index in [0.29, 0.717) is 24.0 Å². The van der Waals surface area contributed by atoms with Gasteiger partial charge in [0.2, 0.25) is 5.89 Å². The first kappa shape index (κ1) is 16.7. The van der Waals surface area contributed by atoms with Crippen molar-refractivity contribution in [2.24, 2.45) is 0 Å². The lowest BCUT2D eigenvalue weighted by Crippen LogP contribution is -2.21. The van der Waals surface area contributed by atoms with E-state index in [2.05, 4.69) is 10.3 Å². The molecule has 0 bridgehead atoms. The fourth-order valence-corrected chi connectivity index (χ4v) is 2.48. The number of nitrogens with zero attached hydrogens (tertiary/aromatic N) is 1. The predicted octanol–water partition coefficient (Wildman–Crippen LogP) is 4.13. The fourth-order valence-electron chi connectivity index (χ4n) is 2.36. The number of rotatable bonds is 6. The van der Waals surface area contributed by atoms with Crippen LogP contribution in [0.1, 0.15) is 22.9 Å². The highest BCUT2D eigenvalue weighted by molar-refractivity contribution is 6.30. The van der Waals surface area contributed by atoms with Gasteiger partial charge in [-0.1, -0.05) is 41.4 Å². The van der Waals surface area contributed by atoms with E-state index in [-0.39, 0.29) is 0 Å². The molecule has 3 rings (SSSR count). The van der Waals surface area contributed by atoms with Gasteiger partial charge >= 0.3 is 0 Å². The molecule has 0 aliphatic heterocycles. The minimum Gasteiger partial charge on any atom is -0.444 e. The number of hydrogen-bond acceptors (Lipinski definition) is 4. The van der Waals surface area contributed by atoms with E-state index < -0.39 is 6.10 Å². The molecule has 4 nitrogen and oxygen atoms in total. The lowest BCUT2D eigenvalue weighted by Gasteiger charge is -2.11. The topological polar surface area (TPSA) is 58.3 Å². The molecule has 0 amide bonds. The average molecular weight is 343 g/mol. The number of aromatic nitrogens is 1. The van der Waals surface area contributed by atoms with Crippen molar-refractivity contribution < 1.29 is 9.52 Å². The molecule has 1 heterocycles.